The van der Waals surface area contributed by atoms with Crippen molar-refractivity contribution >= 4 is 23.4 Å². The Labute approximate surface area is 111 Å². The fraction of sp³-hybridized carbons (Fsp3) is 0.214. The van der Waals surface area contributed by atoms with E-state index in [-0.39, 0.29) is 0 Å². The van der Waals surface area contributed by atoms with E-state index in [2.05, 4.69) is 18.0 Å². The molecule has 0 saturated carbocycles. The first kappa shape index (κ1) is 12.5. The molecule has 0 aliphatic carbocycles. The van der Waals surface area contributed by atoms with Crippen molar-refractivity contribution in [2.75, 3.05) is 0 Å². The summed E-state index contributed by atoms with van der Waals surface area (Å²) >= 11 is 7.65. The lowest BCUT2D eigenvalue weighted by molar-refractivity contribution is 1.12. The topological polar surface area (TPSA) is 12.9 Å². The maximum atomic E-state index is 5.85. The second-order valence-corrected chi connectivity index (χ2v) is 5.47. The molecule has 1 aromatic carbocycles. The fourth-order valence-electron chi connectivity index (χ4n) is 1.48. The molecule has 3 heteroatoms. The summed E-state index contributed by atoms with van der Waals surface area (Å²) in [5, 5.41) is 0.780. The quantitative estimate of drug-likeness (QED) is 0.748. The molecule has 1 heterocycles. The minimum absolute atomic E-state index is 0.780. The summed E-state index contributed by atoms with van der Waals surface area (Å²) in [4.78, 5) is 5.60. The molecule has 0 saturated heterocycles. The highest BCUT2D eigenvalue weighted by molar-refractivity contribution is 7.98. The number of hydrogen-bond acceptors (Lipinski definition) is 2. The lowest BCUT2D eigenvalue weighted by Crippen LogP contribution is -1.90. The highest BCUT2D eigenvalue weighted by Crippen LogP contribution is 2.24. The molecule has 88 valence electrons. The molecule has 0 radical (unpaired) electrons. The van der Waals surface area contributed by atoms with E-state index in [1.807, 2.05) is 37.4 Å². The predicted molar refractivity (Wildman–Crippen MR) is 74.7 cm³/mol. The number of pyridine rings is 1. The van der Waals surface area contributed by atoms with Gasteiger partial charge in [-0.15, -0.1) is 11.8 Å². The number of hydrogen-bond donors (Lipinski definition) is 0. The normalized spacial score (nSPS) is 10.5. The molecular formula is C14H14ClNS. The van der Waals surface area contributed by atoms with Gasteiger partial charge in [-0.1, -0.05) is 17.7 Å². The van der Waals surface area contributed by atoms with Gasteiger partial charge in [-0.2, -0.15) is 0 Å². The molecule has 0 unspecified atom stereocenters. The third kappa shape index (κ3) is 3.48. The van der Waals surface area contributed by atoms with E-state index in [1.165, 1.54) is 16.0 Å². The van der Waals surface area contributed by atoms with Crippen LogP contribution in [0.2, 0.25) is 5.02 Å². The molecule has 2 aromatic rings. The summed E-state index contributed by atoms with van der Waals surface area (Å²) < 4.78 is 0. The van der Waals surface area contributed by atoms with Crippen LogP contribution in [0.4, 0.5) is 0 Å². The van der Waals surface area contributed by atoms with Gasteiger partial charge in [0, 0.05) is 27.6 Å². The summed E-state index contributed by atoms with van der Waals surface area (Å²) in [6.45, 7) is 4.13. The molecule has 1 aromatic heterocycles. The van der Waals surface area contributed by atoms with E-state index in [4.69, 9.17) is 11.6 Å². The summed E-state index contributed by atoms with van der Waals surface area (Å²) in [6.07, 6.45) is 1.95. The molecule has 0 atom stereocenters. The standard InChI is InChI=1S/C14H14ClNS/c1-10-7-12(8-16-11(10)2)9-17-14-5-3-13(15)4-6-14/h3-8H,9H2,1-2H3. The second-order valence-electron chi connectivity index (χ2n) is 3.99. The van der Waals surface area contributed by atoms with E-state index in [1.54, 1.807) is 11.8 Å². The second kappa shape index (κ2) is 5.56. The van der Waals surface area contributed by atoms with Gasteiger partial charge in [-0.05, 0) is 49.2 Å². The lowest BCUT2D eigenvalue weighted by Gasteiger charge is -2.04. The Morgan fingerprint density at radius 1 is 1.18 bits per heavy atom. The maximum absolute atomic E-state index is 5.85. The van der Waals surface area contributed by atoms with Crippen LogP contribution in [0.5, 0.6) is 0 Å². The van der Waals surface area contributed by atoms with Gasteiger partial charge in [0.2, 0.25) is 0 Å². The Bertz CT molecular complexity index is 508. The Balaban J connectivity index is 2.02. The van der Waals surface area contributed by atoms with Crippen LogP contribution in [0.1, 0.15) is 16.8 Å². The molecule has 0 spiro atoms. The smallest absolute Gasteiger partial charge is 0.0406 e. The van der Waals surface area contributed by atoms with Crippen molar-refractivity contribution in [2.24, 2.45) is 0 Å². The van der Waals surface area contributed by atoms with E-state index < -0.39 is 0 Å². The molecular weight excluding hydrogens is 250 g/mol. The molecule has 0 aliphatic rings. The van der Waals surface area contributed by atoms with Crippen molar-refractivity contribution in [3.8, 4) is 0 Å². The van der Waals surface area contributed by atoms with Gasteiger partial charge in [0.05, 0.1) is 0 Å². The number of nitrogens with zero attached hydrogens (tertiary/aromatic N) is 1. The SMILES string of the molecule is Cc1cc(CSc2ccc(Cl)cc2)cnc1C. The maximum Gasteiger partial charge on any atom is 0.0406 e. The average Bonchev–Trinajstić information content (AvgIpc) is 2.33. The van der Waals surface area contributed by atoms with E-state index >= 15 is 0 Å². The average molecular weight is 264 g/mol. The van der Waals surface area contributed by atoms with Crippen molar-refractivity contribution in [3.63, 3.8) is 0 Å². The van der Waals surface area contributed by atoms with Crippen molar-refractivity contribution in [2.45, 2.75) is 24.5 Å². The molecule has 0 fully saturated rings. The Morgan fingerprint density at radius 3 is 2.53 bits per heavy atom. The molecule has 0 bridgehead atoms. The van der Waals surface area contributed by atoms with Crippen LogP contribution in [-0.2, 0) is 5.75 Å². The lowest BCUT2D eigenvalue weighted by atomic mass is 10.2. The number of benzene rings is 1. The van der Waals surface area contributed by atoms with Gasteiger partial charge in [0.25, 0.3) is 0 Å². The first-order valence-corrected chi connectivity index (χ1v) is 6.82. The first-order valence-electron chi connectivity index (χ1n) is 5.45. The highest BCUT2D eigenvalue weighted by atomic mass is 35.5. The minimum atomic E-state index is 0.780. The van der Waals surface area contributed by atoms with Gasteiger partial charge >= 0.3 is 0 Å². The highest BCUT2D eigenvalue weighted by Gasteiger charge is 1.99. The Morgan fingerprint density at radius 2 is 1.88 bits per heavy atom. The molecule has 0 aliphatic heterocycles. The zero-order valence-electron chi connectivity index (χ0n) is 9.90. The van der Waals surface area contributed by atoms with Gasteiger partial charge in [0.1, 0.15) is 0 Å². The molecule has 0 amide bonds. The number of aromatic nitrogens is 1. The van der Waals surface area contributed by atoms with Crippen LogP contribution < -0.4 is 0 Å². The number of halogens is 1. The van der Waals surface area contributed by atoms with Crippen LogP contribution in [-0.4, -0.2) is 4.98 Å². The summed E-state index contributed by atoms with van der Waals surface area (Å²) in [5.74, 6) is 0.940. The van der Waals surface area contributed by atoms with Crippen LogP contribution in [0.15, 0.2) is 41.4 Å². The number of aryl methyl sites for hydroxylation is 2. The van der Waals surface area contributed by atoms with Crippen LogP contribution in [0.25, 0.3) is 0 Å². The zero-order valence-corrected chi connectivity index (χ0v) is 11.5. The Kier molecular flexibility index (Phi) is 4.08. The van der Waals surface area contributed by atoms with Crippen molar-refractivity contribution in [1.29, 1.82) is 0 Å². The number of rotatable bonds is 3. The monoisotopic (exact) mass is 263 g/mol. The van der Waals surface area contributed by atoms with Gasteiger partial charge in [-0.25, -0.2) is 0 Å². The zero-order chi connectivity index (χ0) is 12.3. The third-order valence-electron chi connectivity index (χ3n) is 2.62. The van der Waals surface area contributed by atoms with Crippen molar-refractivity contribution in [1.82, 2.24) is 4.98 Å². The minimum Gasteiger partial charge on any atom is -0.261 e. The Hall–Kier alpha value is -0.990. The van der Waals surface area contributed by atoms with Crippen molar-refractivity contribution in [3.05, 3.63) is 58.4 Å². The van der Waals surface area contributed by atoms with Crippen LogP contribution >= 0.6 is 23.4 Å². The molecule has 17 heavy (non-hydrogen) atoms. The summed E-state index contributed by atoms with van der Waals surface area (Å²) in [7, 11) is 0. The molecule has 1 nitrogen and oxygen atoms in total. The third-order valence-corrected chi connectivity index (χ3v) is 3.95. The van der Waals surface area contributed by atoms with Crippen molar-refractivity contribution < 1.29 is 0 Å². The van der Waals surface area contributed by atoms with Gasteiger partial charge in [-0.3, -0.25) is 4.98 Å². The number of thioether (sulfide) groups is 1. The molecule has 0 N–H and O–H groups in total. The largest absolute Gasteiger partial charge is 0.261 e. The first-order chi connectivity index (χ1) is 8.15. The van der Waals surface area contributed by atoms with Crippen LogP contribution in [0, 0.1) is 13.8 Å². The summed E-state index contributed by atoms with van der Waals surface area (Å²) in [6, 6.07) is 10.1. The van der Waals surface area contributed by atoms with Gasteiger partial charge in [0.15, 0.2) is 0 Å². The van der Waals surface area contributed by atoms with E-state index in [0.717, 1.165) is 16.5 Å². The van der Waals surface area contributed by atoms with Gasteiger partial charge < -0.3 is 0 Å². The van der Waals surface area contributed by atoms with E-state index in [9.17, 15) is 0 Å². The molecule has 2 rings (SSSR count). The van der Waals surface area contributed by atoms with Crippen LogP contribution in [0.3, 0.4) is 0 Å². The van der Waals surface area contributed by atoms with E-state index in [0.29, 0.717) is 0 Å². The predicted octanol–water partition coefficient (Wildman–Crippen LogP) is 4.64. The summed E-state index contributed by atoms with van der Waals surface area (Å²) in [5.41, 5.74) is 3.61. The fourth-order valence-corrected chi connectivity index (χ4v) is 2.42.